The summed E-state index contributed by atoms with van der Waals surface area (Å²) >= 11 is 0. The number of nitrogens with two attached hydrogens (primary N) is 3. The molecule has 31 heavy (non-hydrogen) atoms. The van der Waals surface area contributed by atoms with Crippen LogP contribution in [-0.4, -0.2) is 60.4 Å². The number of benzene rings is 1. The molecular formula is C21H28F3N7. The maximum Gasteiger partial charge on any atom is 0.416 e. The number of nitrogens with one attached hydrogen (secondary N) is 1. The molecule has 1 atom stereocenters. The molecule has 1 aromatic carbocycles. The van der Waals surface area contributed by atoms with Gasteiger partial charge in [-0.15, -0.1) is 0 Å². The van der Waals surface area contributed by atoms with Crippen molar-refractivity contribution in [3.63, 3.8) is 0 Å². The van der Waals surface area contributed by atoms with Crippen LogP contribution in [0.5, 0.6) is 0 Å². The van der Waals surface area contributed by atoms with Gasteiger partial charge < -0.3 is 27.1 Å². The van der Waals surface area contributed by atoms with Gasteiger partial charge in [-0.1, -0.05) is 12.1 Å². The van der Waals surface area contributed by atoms with Crippen LogP contribution in [0.4, 0.5) is 13.2 Å². The molecule has 10 heteroatoms. The SMILES string of the molecule is CN=C(N)C(=C(N)N1CCN(C(CN)c2ccc(C(F)(F)F)cc2)CC1)c1cc[nH]c1. The van der Waals surface area contributed by atoms with Crippen LogP contribution in [0.15, 0.2) is 53.5 Å². The van der Waals surface area contributed by atoms with E-state index in [0.29, 0.717) is 50.0 Å². The largest absolute Gasteiger partial charge is 0.416 e. The van der Waals surface area contributed by atoms with Crippen molar-refractivity contribution in [3.8, 4) is 0 Å². The number of aromatic nitrogens is 1. The second-order valence-electron chi connectivity index (χ2n) is 7.36. The van der Waals surface area contributed by atoms with Crippen molar-refractivity contribution in [2.24, 2.45) is 22.2 Å². The third-order valence-corrected chi connectivity index (χ3v) is 5.58. The van der Waals surface area contributed by atoms with Crippen molar-refractivity contribution in [2.75, 3.05) is 39.8 Å². The molecule has 1 aliphatic rings. The lowest BCUT2D eigenvalue weighted by atomic mass is 10.0. The fraction of sp³-hybridized carbons (Fsp3) is 0.381. The Morgan fingerprint density at radius 1 is 1.10 bits per heavy atom. The van der Waals surface area contributed by atoms with E-state index in [1.807, 2.05) is 17.2 Å². The minimum absolute atomic E-state index is 0.166. The molecule has 1 saturated heterocycles. The summed E-state index contributed by atoms with van der Waals surface area (Å²) in [5, 5.41) is 0. The predicted octanol–water partition coefficient (Wildman–Crippen LogP) is 1.97. The molecule has 1 aromatic heterocycles. The van der Waals surface area contributed by atoms with E-state index in [-0.39, 0.29) is 6.04 Å². The van der Waals surface area contributed by atoms with Crippen LogP contribution in [-0.2, 0) is 6.18 Å². The number of halogens is 3. The lowest BCUT2D eigenvalue weighted by Crippen LogP contribution is -2.50. The Morgan fingerprint density at radius 2 is 1.74 bits per heavy atom. The first-order valence-electron chi connectivity index (χ1n) is 9.98. The van der Waals surface area contributed by atoms with E-state index in [4.69, 9.17) is 17.2 Å². The Labute approximate surface area is 179 Å². The molecular weight excluding hydrogens is 407 g/mol. The molecule has 0 saturated carbocycles. The Hall–Kier alpha value is -2.98. The van der Waals surface area contributed by atoms with E-state index < -0.39 is 11.7 Å². The third-order valence-electron chi connectivity index (χ3n) is 5.58. The molecule has 1 unspecified atom stereocenters. The van der Waals surface area contributed by atoms with Gasteiger partial charge in [0.25, 0.3) is 0 Å². The number of nitrogens with zero attached hydrogens (tertiary/aromatic N) is 3. The van der Waals surface area contributed by atoms with Crippen molar-refractivity contribution in [3.05, 3.63) is 65.2 Å². The third kappa shape index (κ3) is 5.02. The summed E-state index contributed by atoms with van der Waals surface area (Å²) in [5.74, 6) is 0.894. The normalized spacial score (nSPS) is 18.1. The van der Waals surface area contributed by atoms with Crippen LogP contribution in [0.3, 0.4) is 0 Å². The number of H-pyrrole nitrogens is 1. The summed E-state index contributed by atoms with van der Waals surface area (Å²) in [7, 11) is 1.61. The van der Waals surface area contributed by atoms with Crippen LogP contribution in [0.25, 0.3) is 5.57 Å². The number of piperazine rings is 1. The van der Waals surface area contributed by atoms with Gasteiger partial charge in [0.05, 0.1) is 11.1 Å². The Kier molecular flexibility index (Phi) is 6.91. The van der Waals surface area contributed by atoms with Crippen molar-refractivity contribution >= 4 is 11.4 Å². The van der Waals surface area contributed by atoms with Crippen molar-refractivity contribution in [1.29, 1.82) is 0 Å². The highest BCUT2D eigenvalue weighted by atomic mass is 19.4. The van der Waals surface area contributed by atoms with Crippen LogP contribution in [0.1, 0.15) is 22.7 Å². The van der Waals surface area contributed by atoms with Crippen LogP contribution in [0, 0.1) is 0 Å². The highest BCUT2D eigenvalue weighted by Gasteiger charge is 2.31. The molecule has 1 aliphatic heterocycles. The topological polar surface area (TPSA) is 113 Å². The van der Waals surface area contributed by atoms with Gasteiger partial charge in [0, 0.05) is 63.8 Å². The van der Waals surface area contributed by atoms with E-state index in [9.17, 15) is 13.2 Å². The van der Waals surface area contributed by atoms with E-state index in [2.05, 4.69) is 14.9 Å². The number of alkyl halides is 3. The number of aliphatic imine (C=N–C) groups is 1. The quantitative estimate of drug-likeness (QED) is 0.409. The Morgan fingerprint density at radius 3 is 2.23 bits per heavy atom. The van der Waals surface area contributed by atoms with Crippen molar-refractivity contribution in [1.82, 2.24) is 14.8 Å². The number of hydrogen-bond donors (Lipinski definition) is 4. The smallest absolute Gasteiger partial charge is 0.385 e. The van der Waals surface area contributed by atoms with E-state index in [1.165, 1.54) is 12.1 Å². The van der Waals surface area contributed by atoms with Gasteiger partial charge in [-0.2, -0.15) is 13.2 Å². The fourth-order valence-electron chi connectivity index (χ4n) is 3.84. The van der Waals surface area contributed by atoms with Gasteiger partial charge in [-0.3, -0.25) is 9.89 Å². The number of aromatic amines is 1. The maximum atomic E-state index is 12.8. The van der Waals surface area contributed by atoms with Crippen LogP contribution in [0.2, 0.25) is 0 Å². The average Bonchev–Trinajstić information content (AvgIpc) is 3.28. The lowest BCUT2D eigenvalue weighted by Gasteiger charge is -2.40. The molecule has 7 N–H and O–H groups in total. The standard InChI is InChI=1S/C21H28F3N7/c1-28-19(26)18(15-6-7-29-13-15)20(27)31-10-8-30(9-11-31)17(12-25)14-2-4-16(5-3-14)21(22,23)24/h2-7,13,17,29H,8-12,25,27H2,1H3,(H2,26,28). The summed E-state index contributed by atoms with van der Waals surface area (Å²) in [6, 6.07) is 6.93. The maximum absolute atomic E-state index is 12.8. The molecule has 0 spiro atoms. The van der Waals surface area contributed by atoms with Gasteiger partial charge in [-0.05, 0) is 23.8 Å². The Balaban J connectivity index is 1.74. The molecule has 7 nitrogen and oxygen atoms in total. The average molecular weight is 435 g/mol. The van der Waals surface area contributed by atoms with Crippen molar-refractivity contribution in [2.45, 2.75) is 12.2 Å². The van der Waals surface area contributed by atoms with Gasteiger partial charge in [-0.25, -0.2) is 0 Å². The summed E-state index contributed by atoms with van der Waals surface area (Å²) in [4.78, 5) is 11.3. The summed E-state index contributed by atoms with van der Waals surface area (Å²) < 4.78 is 38.5. The first-order valence-corrected chi connectivity index (χ1v) is 9.98. The molecule has 3 rings (SSSR count). The molecule has 0 aliphatic carbocycles. The van der Waals surface area contributed by atoms with E-state index in [1.54, 1.807) is 13.2 Å². The Bertz CT molecular complexity index is 909. The molecule has 0 radical (unpaired) electrons. The van der Waals surface area contributed by atoms with Crippen molar-refractivity contribution < 1.29 is 13.2 Å². The monoisotopic (exact) mass is 435 g/mol. The number of amidine groups is 1. The molecule has 1 fully saturated rings. The zero-order valence-corrected chi connectivity index (χ0v) is 17.4. The summed E-state index contributed by atoms with van der Waals surface area (Å²) in [6.07, 6.45) is -0.752. The minimum Gasteiger partial charge on any atom is -0.385 e. The van der Waals surface area contributed by atoms with Gasteiger partial charge in [0.1, 0.15) is 11.7 Å². The van der Waals surface area contributed by atoms with Gasteiger partial charge in [0.2, 0.25) is 0 Å². The predicted molar refractivity (Wildman–Crippen MR) is 116 cm³/mol. The zero-order chi connectivity index (χ0) is 22.6. The number of hydrogen-bond acceptors (Lipinski definition) is 5. The van der Waals surface area contributed by atoms with Gasteiger partial charge >= 0.3 is 6.18 Å². The summed E-state index contributed by atoms with van der Waals surface area (Å²) in [6.45, 7) is 2.89. The number of rotatable bonds is 6. The molecule has 2 heterocycles. The zero-order valence-electron chi connectivity index (χ0n) is 17.4. The highest BCUT2D eigenvalue weighted by molar-refractivity contribution is 6.22. The van der Waals surface area contributed by atoms with Gasteiger partial charge in [0.15, 0.2) is 0 Å². The summed E-state index contributed by atoms with van der Waals surface area (Å²) in [5.41, 5.74) is 20.2. The second-order valence-corrected chi connectivity index (χ2v) is 7.36. The second kappa shape index (κ2) is 9.44. The molecule has 0 amide bonds. The van der Waals surface area contributed by atoms with Crippen LogP contribution < -0.4 is 17.2 Å². The first-order chi connectivity index (χ1) is 14.8. The van der Waals surface area contributed by atoms with Crippen LogP contribution >= 0.6 is 0 Å². The fourth-order valence-corrected chi connectivity index (χ4v) is 3.84. The molecule has 2 aromatic rings. The first kappa shape index (κ1) is 22.7. The molecule has 0 bridgehead atoms. The lowest BCUT2D eigenvalue weighted by molar-refractivity contribution is -0.137. The molecule has 168 valence electrons. The highest BCUT2D eigenvalue weighted by Crippen LogP contribution is 2.31. The van der Waals surface area contributed by atoms with E-state index in [0.717, 1.165) is 23.3 Å². The minimum atomic E-state index is -4.35. The van der Waals surface area contributed by atoms with E-state index >= 15 is 0 Å².